The van der Waals surface area contributed by atoms with Crippen LogP contribution >= 0.6 is 0 Å². The van der Waals surface area contributed by atoms with Gasteiger partial charge in [0.2, 0.25) is 0 Å². The van der Waals surface area contributed by atoms with Crippen molar-refractivity contribution in [3.63, 3.8) is 0 Å². The third-order valence-electron chi connectivity index (χ3n) is 3.13. The first kappa shape index (κ1) is 7.10. The van der Waals surface area contributed by atoms with E-state index < -0.39 is 5.97 Å². The van der Waals surface area contributed by atoms with E-state index in [1.807, 2.05) is 0 Å². The van der Waals surface area contributed by atoms with Crippen molar-refractivity contribution in [2.75, 3.05) is 0 Å². The van der Waals surface area contributed by atoms with Crippen LogP contribution in [0.2, 0.25) is 0 Å². The van der Waals surface area contributed by atoms with Gasteiger partial charge in [0.1, 0.15) is 0 Å². The summed E-state index contributed by atoms with van der Waals surface area (Å²) in [5.74, 6) is 0.0579. The Kier molecular flexibility index (Phi) is 1.42. The zero-order valence-electron chi connectivity index (χ0n) is 6.36. The summed E-state index contributed by atoms with van der Waals surface area (Å²) < 4.78 is 0. The highest BCUT2D eigenvalue weighted by atomic mass is 16.4. The number of rotatable bonds is 1. The molecular weight excluding hydrogens is 142 g/mol. The van der Waals surface area contributed by atoms with E-state index in [2.05, 4.69) is 0 Å². The average molecular weight is 155 g/mol. The molecule has 0 aromatic carbocycles. The van der Waals surface area contributed by atoms with Gasteiger partial charge in [-0.1, -0.05) is 6.42 Å². The molecule has 2 aliphatic carbocycles. The molecule has 0 bridgehead atoms. The molecule has 3 heteroatoms. The average Bonchev–Trinajstić information content (AvgIpc) is 2.63. The summed E-state index contributed by atoms with van der Waals surface area (Å²) in [6.45, 7) is 0. The van der Waals surface area contributed by atoms with Crippen molar-refractivity contribution >= 4 is 5.97 Å². The van der Waals surface area contributed by atoms with Crippen molar-refractivity contribution in [2.24, 2.45) is 23.5 Å². The van der Waals surface area contributed by atoms with Crippen molar-refractivity contribution in [2.45, 2.75) is 25.3 Å². The number of carbonyl (C=O) groups is 1. The van der Waals surface area contributed by atoms with Gasteiger partial charge in [-0.15, -0.1) is 0 Å². The molecule has 1 unspecified atom stereocenters. The van der Waals surface area contributed by atoms with E-state index >= 15 is 0 Å². The fourth-order valence-electron chi connectivity index (χ4n) is 2.43. The predicted octanol–water partition coefficient (Wildman–Crippen LogP) is 0.444. The highest BCUT2D eigenvalue weighted by Crippen LogP contribution is 2.51. The maximum absolute atomic E-state index is 10.7. The zero-order valence-corrected chi connectivity index (χ0v) is 6.36. The number of fused-ring (bicyclic) bond motifs is 1. The lowest BCUT2D eigenvalue weighted by Crippen LogP contribution is -2.21. The minimum Gasteiger partial charge on any atom is -0.481 e. The SMILES string of the molecule is N[C@@H]1[C@H]2CCCC(C(=O)O)[C@@H]12. The topological polar surface area (TPSA) is 63.3 Å². The van der Waals surface area contributed by atoms with Gasteiger partial charge in [-0.05, 0) is 24.7 Å². The van der Waals surface area contributed by atoms with E-state index in [0.29, 0.717) is 11.8 Å². The molecule has 2 aliphatic rings. The molecule has 2 fully saturated rings. The van der Waals surface area contributed by atoms with Gasteiger partial charge in [0.05, 0.1) is 5.92 Å². The van der Waals surface area contributed by atoms with Gasteiger partial charge in [-0.3, -0.25) is 4.79 Å². The number of nitrogens with two attached hydrogens (primary N) is 1. The molecule has 0 amide bonds. The number of aliphatic carboxylic acids is 1. The van der Waals surface area contributed by atoms with Crippen molar-refractivity contribution in [1.29, 1.82) is 0 Å². The van der Waals surface area contributed by atoms with Gasteiger partial charge in [-0.25, -0.2) is 0 Å². The smallest absolute Gasteiger partial charge is 0.306 e. The van der Waals surface area contributed by atoms with Gasteiger partial charge < -0.3 is 10.8 Å². The van der Waals surface area contributed by atoms with Gasteiger partial charge in [0.25, 0.3) is 0 Å². The lowest BCUT2D eigenvalue weighted by molar-refractivity contribution is -0.143. The number of hydrogen-bond acceptors (Lipinski definition) is 2. The second-order valence-electron chi connectivity index (χ2n) is 3.69. The first-order chi connectivity index (χ1) is 5.22. The highest BCUT2D eigenvalue weighted by molar-refractivity contribution is 5.71. The normalized spacial score (nSPS) is 48.1. The number of hydrogen-bond donors (Lipinski definition) is 2. The van der Waals surface area contributed by atoms with E-state index in [1.54, 1.807) is 0 Å². The Morgan fingerprint density at radius 2 is 2.18 bits per heavy atom. The second kappa shape index (κ2) is 2.21. The van der Waals surface area contributed by atoms with Crippen LogP contribution in [0, 0.1) is 17.8 Å². The van der Waals surface area contributed by atoms with Crippen molar-refractivity contribution in [1.82, 2.24) is 0 Å². The fourth-order valence-corrected chi connectivity index (χ4v) is 2.43. The van der Waals surface area contributed by atoms with E-state index in [-0.39, 0.29) is 12.0 Å². The lowest BCUT2D eigenvalue weighted by atomic mass is 9.89. The quantitative estimate of drug-likeness (QED) is 0.577. The van der Waals surface area contributed by atoms with Crippen LogP contribution in [0.5, 0.6) is 0 Å². The summed E-state index contributed by atoms with van der Waals surface area (Å²) in [6.07, 6.45) is 3.03. The Bertz CT molecular complexity index is 193. The van der Waals surface area contributed by atoms with Crippen molar-refractivity contribution in [3.8, 4) is 0 Å². The van der Waals surface area contributed by atoms with Crippen molar-refractivity contribution in [3.05, 3.63) is 0 Å². The third-order valence-corrected chi connectivity index (χ3v) is 3.13. The monoisotopic (exact) mass is 155 g/mol. The fraction of sp³-hybridized carbons (Fsp3) is 0.875. The molecule has 11 heavy (non-hydrogen) atoms. The van der Waals surface area contributed by atoms with Gasteiger partial charge in [-0.2, -0.15) is 0 Å². The Hall–Kier alpha value is -0.570. The first-order valence-electron chi connectivity index (χ1n) is 4.20. The van der Waals surface area contributed by atoms with E-state index in [9.17, 15) is 4.79 Å². The molecule has 2 rings (SSSR count). The number of carboxylic acid groups (broad SMARTS) is 1. The molecule has 3 N–H and O–H groups in total. The highest BCUT2D eigenvalue weighted by Gasteiger charge is 2.55. The van der Waals surface area contributed by atoms with Crippen LogP contribution in [0.15, 0.2) is 0 Å². The molecule has 0 aromatic heterocycles. The lowest BCUT2D eigenvalue weighted by Gasteiger charge is -2.15. The van der Waals surface area contributed by atoms with Crippen LogP contribution < -0.4 is 5.73 Å². The Balaban J connectivity index is 2.06. The van der Waals surface area contributed by atoms with Crippen LogP contribution in [0.1, 0.15) is 19.3 Å². The Morgan fingerprint density at radius 1 is 1.45 bits per heavy atom. The number of carboxylic acids is 1. The van der Waals surface area contributed by atoms with Crippen LogP contribution in [0.3, 0.4) is 0 Å². The maximum atomic E-state index is 10.7. The van der Waals surface area contributed by atoms with Crippen LogP contribution in [0.4, 0.5) is 0 Å². The summed E-state index contributed by atoms with van der Waals surface area (Å²) >= 11 is 0. The van der Waals surface area contributed by atoms with Crippen LogP contribution in [-0.2, 0) is 4.79 Å². The summed E-state index contributed by atoms with van der Waals surface area (Å²) in [7, 11) is 0. The molecular formula is C8H13NO2. The molecule has 0 radical (unpaired) electrons. The van der Waals surface area contributed by atoms with Gasteiger partial charge >= 0.3 is 5.97 Å². The molecule has 4 atom stereocenters. The standard InChI is InChI=1S/C8H13NO2/c9-7-4-2-1-3-5(6(4)7)8(10)11/h4-7H,1-3,9H2,(H,10,11)/t4-,5?,6-,7+/m0/s1. The van der Waals surface area contributed by atoms with E-state index in [4.69, 9.17) is 10.8 Å². The van der Waals surface area contributed by atoms with Crippen LogP contribution in [-0.4, -0.2) is 17.1 Å². The van der Waals surface area contributed by atoms with Gasteiger partial charge in [0.15, 0.2) is 0 Å². The summed E-state index contributed by atoms with van der Waals surface area (Å²) in [4.78, 5) is 10.7. The maximum Gasteiger partial charge on any atom is 0.306 e. The molecule has 0 heterocycles. The van der Waals surface area contributed by atoms with E-state index in [1.165, 1.54) is 0 Å². The van der Waals surface area contributed by atoms with Gasteiger partial charge in [0, 0.05) is 6.04 Å². The zero-order chi connectivity index (χ0) is 8.01. The summed E-state index contributed by atoms with van der Waals surface area (Å²) in [5.41, 5.74) is 5.74. The molecule has 0 spiro atoms. The summed E-state index contributed by atoms with van der Waals surface area (Å²) in [6, 6.07) is 0.193. The minimum atomic E-state index is -0.646. The summed E-state index contributed by atoms with van der Waals surface area (Å²) in [5, 5.41) is 8.80. The molecule has 2 saturated carbocycles. The first-order valence-corrected chi connectivity index (χ1v) is 4.20. The largest absolute Gasteiger partial charge is 0.481 e. The third kappa shape index (κ3) is 0.948. The molecule has 0 aliphatic heterocycles. The predicted molar refractivity (Wildman–Crippen MR) is 39.9 cm³/mol. The van der Waals surface area contributed by atoms with Crippen LogP contribution in [0.25, 0.3) is 0 Å². The van der Waals surface area contributed by atoms with E-state index in [0.717, 1.165) is 19.3 Å². The van der Waals surface area contributed by atoms with Crippen molar-refractivity contribution < 1.29 is 9.90 Å². The molecule has 0 saturated heterocycles. The molecule has 0 aromatic rings. The molecule has 62 valence electrons. The minimum absolute atomic E-state index is 0.135. The Labute approximate surface area is 65.6 Å². The second-order valence-corrected chi connectivity index (χ2v) is 3.69. The Morgan fingerprint density at radius 3 is 2.73 bits per heavy atom. The molecule has 3 nitrogen and oxygen atoms in total.